The highest BCUT2D eigenvalue weighted by atomic mass is 28.3. The van der Waals surface area contributed by atoms with Crippen molar-refractivity contribution in [3.8, 4) is 44.5 Å². The minimum atomic E-state index is -1.78. The standard InChI is InChI=1S/C43H40Si2/c1-43(2,31-25-21-29(22-26-31)33-15-11-17-37-35-13-7-9-19-39(35)44(3,4)41(33)37)32-27-23-30(24-28-32)34-16-12-18-38-36-14-8-10-20-40(36)45(5,6)42(34)38/h7-28H,1-6H3. The summed E-state index contributed by atoms with van der Waals surface area (Å²) in [6.45, 7) is 14.7. The van der Waals surface area contributed by atoms with Gasteiger partial charge in [-0.2, -0.15) is 0 Å². The van der Waals surface area contributed by atoms with Gasteiger partial charge in [0.1, 0.15) is 16.1 Å². The summed E-state index contributed by atoms with van der Waals surface area (Å²) in [7, 11) is -3.55. The molecule has 45 heavy (non-hydrogen) atoms. The highest BCUT2D eigenvalue weighted by Crippen LogP contribution is 2.38. The largest absolute Gasteiger partial charge is 0.114 e. The Morgan fingerprint density at radius 3 is 1.09 bits per heavy atom. The average Bonchev–Trinajstić information content (AvgIpc) is 3.45. The van der Waals surface area contributed by atoms with Crippen molar-refractivity contribution in [3.05, 3.63) is 145 Å². The summed E-state index contributed by atoms with van der Waals surface area (Å²) < 4.78 is 0. The van der Waals surface area contributed by atoms with Gasteiger partial charge in [0.05, 0.1) is 0 Å². The molecule has 0 N–H and O–H groups in total. The van der Waals surface area contributed by atoms with E-state index in [0.29, 0.717) is 0 Å². The molecule has 2 heterocycles. The molecule has 0 amide bonds. The molecule has 0 nitrogen and oxygen atoms in total. The van der Waals surface area contributed by atoms with Crippen molar-refractivity contribution in [2.75, 3.05) is 0 Å². The van der Waals surface area contributed by atoms with Gasteiger partial charge < -0.3 is 0 Å². The van der Waals surface area contributed by atoms with E-state index < -0.39 is 16.1 Å². The Hall–Kier alpha value is -4.25. The molecular weight excluding hydrogens is 573 g/mol. The first-order valence-electron chi connectivity index (χ1n) is 16.3. The van der Waals surface area contributed by atoms with Gasteiger partial charge >= 0.3 is 0 Å². The van der Waals surface area contributed by atoms with Crippen molar-refractivity contribution in [2.24, 2.45) is 0 Å². The topological polar surface area (TPSA) is 0 Å². The molecule has 2 aliphatic heterocycles. The third kappa shape index (κ3) is 4.09. The van der Waals surface area contributed by atoms with Crippen LogP contribution in [-0.4, -0.2) is 16.1 Å². The van der Waals surface area contributed by atoms with Gasteiger partial charge in [0, 0.05) is 5.41 Å². The van der Waals surface area contributed by atoms with Crippen LogP contribution >= 0.6 is 0 Å². The summed E-state index contributed by atoms with van der Waals surface area (Å²) in [6.07, 6.45) is 0. The lowest BCUT2D eigenvalue weighted by atomic mass is 9.77. The second-order valence-corrected chi connectivity index (χ2v) is 23.2. The lowest BCUT2D eigenvalue weighted by Crippen LogP contribution is -2.50. The van der Waals surface area contributed by atoms with Gasteiger partial charge in [-0.15, -0.1) is 0 Å². The van der Waals surface area contributed by atoms with Crippen LogP contribution in [0.25, 0.3) is 44.5 Å². The summed E-state index contributed by atoms with van der Waals surface area (Å²) in [5, 5.41) is 6.28. The van der Waals surface area contributed by atoms with Crippen molar-refractivity contribution in [3.63, 3.8) is 0 Å². The molecule has 0 atom stereocenters. The Morgan fingerprint density at radius 1 is 0.356 bits per heavy atom. The maximum Gasteiger partial charge on any atom is 0.114 e. The first-order chi connectivity index (χ1) is 21.6. The van der Waals surface area contributed by atoms with E-state index in [1.807, 2.05) is 0 Å². The molecular formula is C43H40Si2. The van der Waals surface area contributed by atoms with E-state index in [1.165, 1.54) is 55.6 Å². The van der Waals surface area contributed by atoms with E-state index >= 15 is 0 Å². The summed E-state index contributed by atoms with van der Waals surface area (Å²) in [5.74, 6) is 0. The van der Waals surface area contributed by atoms with Gasteiger partial charge in [0.2, 0.25) is 0 Å². The number of rotatable bonds is 4. The van der Waals surface area contributed by atoms with E-state index in [1.54, 1.807) is 20.7 Å². The van der Waals surface area contributed by atoms with Crippen molar-refractivity contribution in [1.82, 2.24) is 0 Å². The van der Waals surface area contributed by atoms with Crippen LogP contribution < -0.4 is 20.7 Å². The normalized spacial score (nSPS) is 15.2. The fourth-order valence-corrected chi connectivity index (χ4v) is 15.4. The predicted octanol–water partition coefficient (Wildman–Crippen LogP) is 8.95. The second-order valence-electron chi connectivity index (χ2n) is 14.6. The van der Waals surface area contributed by atoms with Gasteiger partial charge in [-0.3, -0.25) is 0 Å². The number of benzene rings is 6. The van der Waals surface area contributed by atoms with Crippen LogP contribution in [0.1, 0.15) is 25.0 Å². The summed E-state index contributed by atoms with van der Waals surface area (Å²) >= 11 is 0. The lowest BCUT2D eigenvalue weighted by Gasteiger charge is -2.27. The fraction of sp³-hybridized carbons (Fsp3) is 0.163. The minimum Gasteiger partial charge on any atom is -0.0623 e. The zero-order valence-electron chi connectivity index (χ0n) is 27.2. The molecule has 0 radical (unpaired) electrons. The summed E-state index contributed by atoms with van der Waals surface area (Å²) in [6, 6.07) is 50.7. The molecule has 8 rings (SSSR count). The molecule has 2 heteroatoms. The molecule has 220 valence electrons. The number of hydrogen-bond donors (Lipinski definition) is 0. The SMILES string of the molecule is CC(C)(c1ccc(-c2cccc3c2[Si](C)(C)c2ccccc2-3)cc1)c1ccc(-c2cccc3c2[Si](C)(C)c2ccccc2-3)cc1. The summed E-state index contributed by atoms with van der Waals surface area (Å²) in [5.41, 5.74) is 13.8. The Morgan fingerprint density at radius 2 is 0.689 bits per heavy atom. The Balaban J connectivity index is 1.12. The third-order valence-electron chi connectivity index (χ3n) is 11.0. The average molecular weight is 613 g/mol. The van der Waals surface area contributed by atoms with Crippen LogP contribution in [0.15, 0.2) is 133 Å². The van der Waals surface area contributed by atoms with Crippen molar-refractivity contribution in [2.45, 2.75) is 45.5 Å². The molecule has 2 aliphatic rings. The lowest BCUT2D eigenvalue weighted by molar-refractivity contribution is 0.641. The Bertz CT molecular complexity index is 1960. The quantitative estimate of drug-likeness (QED) is 0.174. The maximum atomic E-state index is 2.51. The maximum absolute atomic E-state index is 2.51. The molecule has 6 aromatic rings. The third-order valence-corrected chi connectivity index (χ3v) is 18.1. The Kier molecular flexibility index (Phi) is 6.20. The van der Waals surface area contributed by atoms with Crippen molar-refractivity contribution < 1.29 is 0 Å². The number of fused-ring (bicyclic) bond motifs is 6. The van der Waals surface area contributed by atoms with Crippen LogP contribution in [0.3, 0.4) is 0 Å². The first-order valence-corrected chi connectivity index (χ1v) is 22.3. The fourth-order valence-electron chi connectivity index (χ4n) is 8.48. The monoisotopic (exact) mass is 612 g/mol. The van der Waals surface area contributed by atoms with Crippen LogP contribution in [0, 0.1) is 0 Å². The van der Waals surface area contributed by atoms with Crippen LogP contribution in [0.2, 0.25) is 26.2 Å². The van der Waals surface area contributed by atoms with Crippen LogP contribution in [-0.2, 0) is 5.41 Å². The molecule has 0 fully saturated rings. The predicted molar refractivity (Wildman–Crippen MR) is 200 cm³/mol. The molecule has 0 aromatic heterocycles. The van der Waals surface area contributed by atoms with Crippen LogP contribution in [0.4, 0.5) is 0 Å². The highest BCUT2D eigenvalue weighted by Gasteiger charge is 2.40. The second kappa shape index (κ2) is 9.88. The van der Waals surface area contributed by atoms with Gasteiger partial charge in [0.15, 0.2) is 0 Å². The van der Waals surface area contributed by atoms with Gasteiger partial charge in [-0.1, -0.05) is 173 Å². The molecule has 0 unspecified atom stereocenters. The number of hydrogen-bond acceptors (Lipinski definition) is 0. The highest BCUT2D eigenvalue weighted by molar-refractivity contribution is 7.05. The zero-order chi connectivity index (χ0) is 31.1. The smallest absolute Gasteiger partial charge is 0.0623 e. The van der Waals surface area contributed by atoms with E-state index in [-0.39, 0.29) is 5.41 Å². The first kappa shape index (κ1) is 28.2. The molecule has 0 spiro atoms. The van der Waals surface area contributed by atoms with Crippen molar-refractivity contribution >= 4 is 36.9 Å². The molecule has 0 saturated heterocycles. The summed E-state index contributed by atoms with van der Waals surface area (Å²) in [4.78, 5) is 0. The molecule has 6 aromatic carbocycles. The van der Waals surface area contributed by atoms with Crippen LogP contribution in [0.5, 0.6) is 0 Å². The molecule has 0 bridgehead atoms. The van der Waals surface area contributed by atoms with E-state index in [9.17, 15) is 0 Å². The molecule has 0 saturated carbocycles. The van der Waals surface area contributed by atoms with E-state index in [2.05, 4.69) is 173 Å². The minimum absolute atomic E-state index is 0.108. The van der Waals surface area contributed by atoms with Gasteiger partial charge in [-0.25, -0.2) is 0 Å². The molecule has 0 aliphatic carbocycles. The Labute approximate surface area is 270 Å². The van der Waals surface area contributed by atoms with Gasteiger partial charge in [0.25, 0.3) is 0 Å². The van der Waals surface area contributed by atoms with Crippen molar-refractivity contribution in [1.29, 1.82) is 0 Å². The van der Waals surface area contributed by atoms with Gasteiger partial charge in [-0.05, 0) is 76.4 Å². The van der Waals surface area contributed by atoms with E-state index in [0.717, 1.165) is 0 Å². The zero-order valence-corrected chi connectivity index (χ0v) is 29.2. The van der Waals surface area contributed by atoms with E-state index in [4.69, 9.17) is 0 Å².